The molecule has 15 heavy (non-hydrogen) atoms. The highest BCUT2D eigenvalue weighted by atomic mass is 14.8. The van der Waals surface area contributed by atoms with Crippen molar-refractivity contribution in [3.05, 3.63) is 60.8 Å². The van der Waals surface area contributed by atoms with Crippen LogP contribution in [0.3, 0.4) is 0 Å². The molecular formula is C14H19N. The molecule has 1 rings (SSSR count). The van der Waals surface area contributed by atoms with Crippen LogP contribution in [0.2, 0.25) is 0 Å². The van der Waals surface area contributed by atoms with Crippen molar-refractivity contribution < 1.29 is 0 Å². The number of allylic oxidation sites excluding steroid dienone is 4. The van der Waals surface area contributed by atoms with Gasteiger partial charge in [-0.1, -0.05) is 49.6 Å². The standard InChI is InChI=1S/C14H19N/c1-3-8-13(4-2)11-15-12-14-9-6-5-7-10-14/h3-4,6,8-10,15H,1-2,5,7,11-12H2/b13-8+. The van der Waals surface area contributed by atoms with E-state index >= 15 is 0 Å². The maximum atomic E-state index is 3.76. The van der Waals surface area contributed by atoms with Gasteiger partial charge in [-0.25, -0.2) is 0 Å². The molecule has 0 saturated heterocycles. The Balaban J connectivity index is 2.28. The summed E-state index contributed by atoms with van der Waals surface area (Å²) in [4.78, 5) is 0. The van der Waals surface area contributed by atoms with Crippen LogP contribution in [0, 0.1) is 0 Å². The average molecular weight is 201 g/mol. The predicted octanol–water partition coefficient (Wildman–Crippen LogP) is 3.15. The van der Waals surface area contributed by atoms with E-state index in [1.165, 1.54) is 24.0 Å². The molecule has 1 aliphatic carbocycles. The van der Waals surface area contributed by atoms with Crippen LogP contribution < -0.4 is 5.32 Å². The molecule has 0 aromatic heterocycles. The van der Waals surface area contributed by atoms with Crippen molar-refractivity contribution in [3.8, 4) is 0 Å². The van der Waals surface area contributed by atoms with Gasteiger partial charge >= 0.3 is 0 Å². The molecule has 1 N–H and O–H groups in total. The van der Waals surface area contributed by atoms with Crippen LogP contribution in [0.15, 0.2) is 60.8 Å². The SMILES string of the molecule is C=C/C=C(\C=C)CNCC1=CCCC=C1. The second-order valence-corrected chi connectivity index (χ2v) is 3.54. The minimum atomic E-state index is 0.848. The Morgan fingerprint density at radius 2 is 2.27 bits per heavy atom. The van der Waals surface area contributed by atoms with Crippen LogP contribution >= 0.6 is 0 Å². The quantitative estimate of drug-likeness (QED) is 0.651. The zero-order valence-electron chi connectivity index (χ0n) is 9.21. The van der Waals surface area contributed by atoms with Gasteiger partial charge in [0.2, 0.25) is 0 Å². The van der Waals surface area contributed by atoms with Crippen molar-refractivity contribution in [2.75, 3.05) is 13.1 Å². The highest BCUT2D eigenvalue weighted by Crippen LogP contribution is 2.08. The van der Waals surface area contributed by atoms with Crippen LogP contribution in [0.25, 0.3) is 0 Å². The van der Waals surface area contributed by atoms with E-state index in [-0.39, 0.29) is 0 Å². The molecule has 0 amide bonds. The number of hydrogen-bond acceptors (Lipinski definition) is 1. The van der Waals surface area contributed by atoms with Gasteiger partial charge in [0.25, 0.3) is 0 Å². The molecule has 0 aromatic rings. The smallest absolute Gasteiger partial charge is 0.0208 e. The van der Waals surface area contributed by atoms with E-state index in [4.69, 9.17) is 0 Å². The summed E-state index contributed by atoms with van der Waals surface area (Å²) in [6.07, 6.45) is 14.7. The van der Waals surface area contributed by atoms with Gasteiger partial charge in [0, 0.05) is 13.1 Å². The van der Waals surface area contributed by atoms with E-state index in [9.17, 15) is 0 Å². The van der Waals surface area contributed by atoms with Crippen molar-refractivity contribution in [1.82, 2.24) is 5.32 Å². The van der Waals surface area contributed by atoms with E-state index in [1.54, 1.807) is 6.08 Å². The molecule has 0 radical (unpaired) electrons. The first-order chi connectivity index (χ1) is 7.36. The molecule has 0 fully saturated rings. The largest absolute Gasteiger partial charge is 0.309 e. The Kier molecular flexibility index (Phi) is 5.49. The third-order valence-electron chi connectivity index (χ3n) is 2.32. The third kappa shape index (κ3) is 4.61. The summed E-state index contributed by atoms with van der Waals surface area (Å²) in [5.41, 5.74) is 2.55. The average Bonchev–Trinajstić information content (AvgIpc) is 2.29. The molecule has 0 saturated carbocycles. The van der Waals surface area contributed by atoms with Gasteiger partial charge < -0.3 is 5.32 Å². The first kappa shape index (κ1) is 11.7. The highest BCUT2D eigenvalue weighted by Gasteiger charge is 1.97. The third-order valence-corrected chi connectivity index (χ3v) is 2.32. The molecule has 1 aliphatic rings. The van der Waals surface area contributed by atoms with E-state index in [2.05, 4.69) is 36.7 Å². The van der Waals surface area contributed by atoms with Crippen molar-refractivity contribution in [2.24, 2.45) is 0 Å². The zero-order chi connectivity index (χ0) is 10.9. The van der Waals surface area contributed by atoms with E-state index in [1.807, 2.05) is 12.2 Å². The monoisotopic (exact) mass is 201 g/mol. The maximum absolute atomic E-state index is 3.76. The molecule has 0 heterocycles. The Morgan fingerprint density at radius 3 is 2.87 bits per heavy atom. The fourth-order valence-corrected chi connectivity index (χ4v) is 1.50. The van der Waals surface area contributed by atoms with Gasteiger partial charge in [-0.15, -0.1) is 0 Å². The molecule has 1 nitrogen and oxygen atoms in total. The van der Waals surface area contributed by atoms with Crippen LogP contribution in [0.5, 0.6) is 0 Å². The van der Waals surface area contributed by atoms with E-state index in [0.29, 0.717) is 0 Å². The summed E-state index contributed by atoms with van der Waals surface area (Å²) >= 11 is 0. The van der Waals surface area contributed by atoms with Crippen LogP contribution in [-0.2, 0) is 0 Å². The fraction of sp³-hybridized carbons (Fsp3) is 0.286. The maximum Gasteiger partial charge on any atom is 0.0208 e. The lowest BCUT2D eigenvalue weighted by Crippen LogP contribution is -2.19. The molecule has 0 aliphatic heterocycles. The number of rotatable bonds is 6. The lowest BCUT2D eigenvalue weighted by molar-refractivity contribution is 0.800. The van der Waals surface area contributed by atoms with Crippen molar-refractivity contribution in [2.45, 2.75) is 12.8 Å². The molecule has 1 heteroatoms. The molecule has 0 bridgehead atoms. The summed E-state index contributed by atoms with van der Waals surface area (Å²) in [6.45, 7) is 9.21. The van der Waals surface area contributed by atoms with Crippen molar-refractivity contribution >= 4 is 0 Å². The van der Waals surface area contributed by atoms with Gasteiger partial charge in [0.15, 0.2) is 0 Å². The molecule has 0 unspecified atom stereocenters. The number of hydrogen-bond donors (Lipinski definition) is 1. The van der Waals surface area contributed by atoms with Gasteiger partial charge in [0.1, 0.15) is 0 Å². The predicted molar refractivity (Wildman–Crippen MR) is 67.8 cm³/mol. The first-order valence-corrected chi connectivity index (χ1v) is 5.37. The Hall–Kier alpha value is -1.34. The highest BCUT2D eigenvalue weighted by molar-refractivity contribution is 5.25. The van der Waals surface area contributed by atoms with Gasteiger partial charge in [-0.2, -0.15) is 0 Å². The summed E-state index contributed by atoms with van der Waals surface area (Å²) in [5, 5.41) is 3.38. The van der Waals surface area contributed by atoms with Gasteiger partial charge in [-0.05, 0) is 24.0 Å². The topological polar surface area (TPSA) is 12.0 Å². The summed E-state index contributed by atoms with van der Waals surface area (Å²) < 4.78 is 0. The molecule has 0 aromatic carbocycles. The zero-order valence-corrected chi connectivity index (χ0v) is 9.21. The Labute approximate surface area is 92.6 Å². The summed E-state index contributed by atoms with van der Waals surface area (Å²) in [6, 6.07) is 0. The van der Waals surface area contributed by atoms with Crippen molar-refractivity contribution in [1.29, 1.82) is 0 Å². The normalized spacial score (nSPS) is 16.0. The van der Waals surface area contributed by atoms with E-state index in [0.717, 1.165) is 13.1 Å². The van der Waals surface area contributed by atoms with E-state index < -0.39 is 0 Å². The minimum Gasteiger partial charge on any atom is -0.309 e. The second-order valence-electron chi connectivity index (χ2n) is 3.54. The van der Waals surface area contributed by atoms with Crippen LogP contribution in [0.1, 0.15) is 12.8 Å². The second kappa shape index (κ2) is 7.02. The Morgan fingerprint density at radius 1 is 1.40 bits per heavy atom. The lowest BCUT2D eigenvalue weighted by atomic mass is 10.1. The minimum absolute atomic E-state index is 0.848. The molecular weight excluding hydrogens is 182 g/mol. The summed E-state index contributed by atoms with van der Waals surface area (Å²) in [7, 11) is 0. The molecule has 0 spiro atoms. The molecule has 0 atom stereocenters. The van der Waals surface area contributed by atoms with Gasteiger partial charge in [-0.3, -0.25) is 0 Å². The summed E-state index contributed by atoms with van der Waals surface area (Å²) in [5.74, 6) is 0. The first-order valence-electron chi connectivity index (χ1n) is 5.37. The Bertz CT molecular complexity index is 305. The van der Waals surface area contributed by atoms with Gasteiger partial charge in [0.05, 0.1) is 0 Å². The lowest BCUT2D eigenvalue weighted by Gasteiger charge is -2.08. The number of nitrogens with one attached hydrogen (secondary N) is 1. The van der Waals surface area contributed by atoms with Crippen molar-refractivity contribution in [3.63, 3.8) is 0 Å². The van der Waals surface area contributed by atoms with Crippen LogP contribution in [0.4, 0.5) is 0 Å². The molecule has 80 valence electrons. The van der Waals surface area contributed by atoms with Crippen LogP contribution in [-0.4, -0.2) is 13.1 Å². The fourth-order valence-electron chi connectivity index (χ4n) is 1.50.